The van der Waals surface area contributed by atoms with Gasteiger partial charge in [-0.25, -0.2) is 0 Å². The minimum Gasteiger partial charge on any atom is -0.468 e. The molecule has 5 heteroatoms. The summed E-state index contributed by atoms with van der Waals surface area (Å²) in [6.45, 7) is 2.90. The molecule has 1 fully saturated rings. The molecule has 1 aliphatic rings. The fourth-order valence-electron chi connectivity index (χ4n) is 2.75. The zero-order valence-corrected chi connectivity index (χ0v) is 12.5. The maximum Gasteiger partial charge on any atom is 0.322 e. The normalized spacial score (nSPS) is 20.9. The van der Waals surface area contributed by atoms with Gasteiger partial charge in [-0.15, -0.1) is 0 Å². The number of halogens is 1. The Labute approximate surface area is 124 Å². The van der Waals surface area contributed by atoms with Crippen LogP contribution in [0.1, 0.15) is 18.4 Å². The topological polar surface area (TPSA) is 55.6 Å². The molecule has 20 heavy (non-hydrogen) atoms. The van der Waals surface area contributed by atoms with E-state index in [0.29, 0.717) is 12.3 Å². The van der Waals surface area contributed by atoms with Crippen molar-refractivity contribution in [3.05, 3.63) is 34.9 Å². The smallest absolute Gasteiger partial charge is 0.322 e. The number of benzene rings is 1. The molecule has 2 unspecified atom stereocenters. The van der Waals surface area contributed by atoms with Crippen molar-refractivity contribution in [2.45, 2.75) is 25.4 Å². The number of carbonyl (C=O) groups excluding carboxylic acids is 1. The van der Waals surface area contributed by atoms with Crippen LogP contribution in [0.5, 0.6) is 0 Å². The molecule has 0 amide bonds. The van der Waals surface area contributed by atoms with Crippen molar-refractivity contribution in [2.24, 2.45) is 11.7 Å². The summed E-state index contributed by atoms with van der Waals surface area (Å²) in [5, 5.41) is 0.769. The third-order valence-electron chi connectivity index (χ3n) is 3.76. The Morgan fingerprint density at radius 3 is 3.10 bits per heavy atom. The van der Waals surface area contributed by atoms with E-state index >= 15 is 0 Å². The van der Waals surface area contributed by atoms with Crippen LogP contribution in [0.15, 0.2) is 24.3 Å². The van der Waals surface area contributed by atoms with Gasteiger partial charge in [-0.1, -0.05) is 23.7 Å². The third-order valence-corrected chi connectivity index (χ3v) is 3.99. The number of carbonyl (C=O) groups is 1. The van der Waals surface area contributed by atoms with Crippen LogP contribution in [0.4, 0.5) is 0 Å². The van der Waals surface area contributed by atoms with E-state index < -0.39 is 6.04 Å². The Hall–Kier alpha value is -1.10. The molecule has 0 spiro atoms. The lowest BCUT2D eigenvalue weighted by Gasteiger charge is -2.17. The lowest BCUT2D eigenvalue weighted by molar-refractivity contribution is -0.142. The standard InChI is InChI=1S/C15H21ClN2O2/c1-20-15(19)14(17)8-12-5-6-18(10-12)9-11-3-2-4-13(16)7-11/h2-4,7,12,14H,5-6,8-10,17H2,1H3. The van der Waals surface area contributed by atoms with Gasteiger partial charge in [0.05, 0.1) is 7.11 Å². The maximum atomic E-state index is 11.3. The van der Waals surface area contributed by atoms with Gasteiger partial charge in [-0.2, -0.15) is 0 Å². The maximum absolute atomic E-state index is 11.3. The Morgan fingerprint density at radius 2 is 2.40 bits per heavy atom. The summed E-state index contributed by atoms with van der Waals surface area (Å²) in [5.74, 6) is 0.140. The van der Waals surface area contributed by atoms with E-state index in [9.17, 15) is 4.79 Å². The first kappa shape index (κ1) is 15.3. The van der Waals surface area contributed by atoms with E-state index in [0.717, 1.165) is 31.1 Å². The van der Waals surface area contributed by atoms with Crippen molar-refractivity contribution in [1.82, 2.24) is 4.90 Å². The number of hydrogen-bond acceptors (Lipinski definition) is 4. The van der Waals surface area contributed by atoms with Gasteiger partial charge < -0.3 is 10.5 Å². The molecule has 1 heterocycles. The Balaban J connectivity index is 1.82. The molecule has 0 aliphatic carbocycles. The molecule has 0 aromatic heterocycles. The van der Waals surface area contributed by atoms with Gasteiger partial charge in [0.2, 0.25) is 0 Å². The number of esters is 1. The molecule has 0 bridgehead atoms. The Morgan fingerprint density at radius 1 is 1.60 bits per heavy atom. The molecular weight excluding hydrogens is 276 g/mol. The number of nitrogens with zero attached hydrogens (tertiary/aromatic N) is 1. The van der Waals surface area contributed by atoms with E-state index in [-0.39, 0.29) is 5.97 Å². The molecule has 1 aliphatic heterocycles. The summed E-state index contributed by atoms with van der Waals surface area (Å²) < 4.78 is 4.67. The molecule has 2 rings (SSSR count). The van der Waals surface area contributed by atoms with Crippen LogP contribution in [0.3, 0.4) is 0 Å². The van der Waals surface area contributed by atoms with Crippen molar-refractivity contribution in [3.8, 4) is 0 Å². The van der Waals surface area contributed by atoms with Crippen LogP contribution in [0, 0.1) is 5.92 Å². The quantitative estimate of drug-likeness (QED) is 0.845. The van der Waals surface area contributed by atoms with E-state index in [1.54, 1.807) is 0 Å². The van der Waals surface area contributed by atoms with E-state index in [1.165, 1.54) is 12.7 Å². The molecule has 2 atom stereocenters. The summed E-state index contributed by atoms with van der Waals surface area (Å²) >= 11 is 5.99. The van der Waals surface area contributed by atoms with Crippen molar-refractivity contribution in [2.75, 3.05) is 20.2 Å². The van der Waals surface area contributed by atoms with Crippen molar-refractivity contribution in [1.29, 1.82) is 0 Å². The third kappa shape index (κ3) is 4.20. The van der Waals surface area contributed by atoms with Gasteiger partial charge in [-0.05, 0) is 43.0 Å². The van der Waals surface area contributed by atoms with Crippen LogP contribution < -0.4 is 5.73 Å². The van der Waals surface area contributed by atoms with Gasteiger partial charge in [0.25, 0.3) is 0 Å². The summed E-state index contributed by atoms with van der Waals surface area (Å²) in [5.41, 5.74) is 7.03. The number of rotatable bonds is 5. The molecule has 110 valence electrons. The van der Waals surface area contributed by atoms with Crippen LogP contribution in [0.2, 0.25) is 5.02 Å². The van der Waals surface area contributed by atoms with Crippen molar-refractivity contribution >= 4 is 17.6 Å². The zero-order valence-electron chi connectivity index (χ0n) is 11.7. The highest BCUT2D eigenvalue weighted by Gasteiger charge is 2.26. The van der Waals surface area contributed by atoms with Crippen molar-refractivity contribution in [3.63, 3.8) is 0 Å². The highest BCUT2D eigenvalue weighted by molar-refractivity contribution is 6.30. The molecule has 0 saturated carbocycles. The fraction of sp³-hybridized carbons (Fsp3) is 0.533. The molecule has 4 nitrogen and oxygen atoms in total. The minimum atomic E-state index is -0.504. The molecule has 1 saturated heterocycles. The molecule has 2 N–H and O–H groups in total. The highest BCUT2D eigenvalue weighted by Crippen LogP contribution is 2.23. The highest BCUT2D eigenvalue weighted by atomic mass is 35.5. The Bertz CT molecular complexity index is 467. The lowest BCUT2D eigenvalue weighted by atomic mass is 10.00. The first-order valence-electron chi connectivity index (χ1n) is 6.88. The number of likely N-dealkylation sites (tertiary alicyclic amines) is 1. The van der Waals surface area contributed by atoms with Gasteiger partial charge in [0.1, 0.15) is 6.04 Å². The van der Waals surface area contributed by atoms with E-state index in [4.69, 9.17) is 17.3 Å². The predicted molar refractivity (Wildman–Crippen MR) is 79.4 cm³/mol. The monoisotopic (exact) mass is 296 g/mol. The van der Waals surface area contributed by atoms with Gasteiger partial charge >= 0.3 is 5.97 Å². The van der Waals surface area contributed by atoms with Crippen LogP contribution >= 0.6 is 11.6 Å². The zero-order chi connectivity index (χ0) is 14.5. The first-order valence-corrected chi connectivity index (χ1v) is 7.26. The number of ether oxygens (including phenoxy) is 1. The van der Waals surface area contributed by atoms with Gasteiger partial charge in [0, 0.05) is 18.1 Å². The second kappa shape index (κ2) is 7.07. The first-order chi connectivity index (χ1) is 9.58. The second-order valence-electron chi connectivity index (χ2n) is 5.39. The summed E-state index contributed by atoms with van der Waals surface area (Å²) in [4.78, 5) is 13.7. The Kier molecular flexibility index (Phi) is 5.40. The molecular formula is C15H21ClN2O2. The van der Waals surface area contributed by atoms with Crippen molar-refractivity contribution < 1.29 is 9.53 Å². The number of hydrogen-bond donors (Lipinski definition) is 1. The predicted octanol–water partition coefficient (Wildman–Crippen LogP) is 2.05. The molecule has 1 aromatic rings. The molecule has 1 aromatic carbocycles. The van der Waals surface area contributed by atoms with Crippen LogP contribution in [-0.4, -0.2) is 37.1 Å². The van der Waals surface area contributed by atoms with E-state index in [2.05, 4.69) is 15.7 Å². The second-order valence-corrected chi connectivity index (χ2v) is 5.82. The molecule has 0 radical (unpaired) electrons. The number of methoxy groups -OCH3 is 1. The summed E-state index contributed by atoms with van der Waals surface area (Å²) in [6.07, 6.45) is 1.77. The SMILES string of the molecule is COC(=O)C(N)CC1CCN(Cc2cccc(Cl)c2)C1. The van der Waals surface area contributed by atoms with Gasteiger partial charge in [0.15, 0.2) is 0 Å². The number of nitrogens with two attached hydrogens (primary N) is 1. The lowest BCUT2D eigenvalue weighted by Crippen LogP contribution is -2.34. The average molecular weight is 297 g/mol. The fourth-order valence-corrected chi connectivity index (χ4v) is 2.96. The average Bonchev–Trinajstić information content (AvgIpc) is 2.85. The van der Waals surface area contributed by atoms with Crippen LogP contribution in [-0.2, 0) is 16.1 Å². The summed E-state index contributed by atoms with van der Waals surface area (Å²) in [7, 11) is 1.38. The largest absolute Gasteiger partial charge is 0.468 e. The van der Waals surface area contributed by atoms with Gasteiger partial charge in [-0.3, -0.25) is 9.69 Å². The van der Waals surface area contributed by atoms with Crippen LogP contribution in [0.25, 0.3) is 0 Å². The summed E-state index contributed by atoms with van der Waals surface area (Å²) in [6, 6.07) is 7.43. The minimum absolute atomic E-state index is 0.321. The van der Waals surface area contributed by atoms with E-state index in [1.807, 2.05) is 18.2 Å².